The van der Waals surface area contributed by atoms with E-state index in [0.717, 1.165) is 36.3 Å². The summed E-state index contributed by atoms with van der Waals surface area (Å²) in [7, 11) is -0.974. The molecule has 0 spiro atoms. The van der Waals surface area contributed by atoms with Gasteiger partial charge in [0.25, 0.3) is 0 Å². The summed E-state index contributed by atoms with van der Waals surface area (Å²) in [5.74, 6) is 1.46. The van der Waals surface area contributed by atoms with Crippen molar-refractivity contribution in [1.82, 2.24) is 0 Å². The Labute approximate surface area is 115 Å². The van der Waals surface area contributed by atoms with Gasteiger partial charge in [-0.15, -0.1) is 0 Å². The molecule has 1 aliphatic carbocycles. The quantitative estimate of drug-likeness (QED) is 0.898. The maximum atomic E-state index is 12.6. The lowest BCUT2D eigenvalue weighted by Crippen LogP contribution is -2.31. The molecule has 0 bridgehead atoms. The molecule has 0 amide bonds. The molecule has 104 valence electrons. The number of hydrogen-bond donors (Lipinski definition) is 1. The van der Waals surface area contributed by atoms with E-state index in [2.05, 4.69) is 0 Å². The molecule has 1 heterocycles. The summed E-state index contributed by atoms with van der Waals surface area (Å²) in [5, 5.41) is 0.224. The number of rotatable bonds is 2. The highest BCUT2D eigenvalue weighted by atomic mass is 32.2. The molecule has 3 rings (SSSR count). The van der Waals surface area contributed by atoms with Crippen LogP contribution in [0.25, 0.3) is 0 Å². The average Bonchev–Trinajstić information content (AvgIpc) is 2.47. The third kappa shape index (κ3) is 2.77. The standard InChI is InChI=1S/C14H19NO3S/c15-10-1-3-11(4-2-10)19(16)12-5-6-13-14(9-12)18-8-7-17-13/h5-6,9-11H,1-4,7-8,15H2. The largest absolute Gasteiger partial charge is 0.486 e. The summed E-state index contributed by atoms with van der Waals surface area (Å²) in [5.41, 5.74) is 5.89. The van der Waals surface area contributed by atoms with Crippen LogP contribution in [-0.4, -0.2) is 28.7 Å². The molecule has 2 aliphatic rings. The van der Waals surface area contributed by atoms with E-state index < -0.39 is 10.8 Å². The van der Waals surface area contributed by atoms with Gasteiger partial charge in [-0.05, 0) is 37.8 Å². The fourth-order valence-electron chi connectivity index (χ4n) is 2.64. The van der Waals surface area contributed by atoms with Gasteiger partial charge in [-0.3, -0.25) is 4.21 Å². The first-order valence-corrected chi connectivity index (χ1v) is 8.01. The lowest BCUT2D eigenvalue weighted by Gasteiger charge is -2.26. The number of fused-ring (bicyclic) bond motifs is 1. The smallest absolute Gasteiger partial charge is 0.162 e. The van der Waals surface area contributed by atoms with Crippen LogP contribution in [0.1, 0.15) is 25.7 Å². The van der Waals surface area contributed by atoms with Gasteiger partial charge >= 0.3 is 0 Å². The summed E-state index contributed by atoms with van der Waals surface area (Å²) in [6, 6.07) is 5.89. The van der Waals surface area contributed by atoms with Crippen LogP contribution in [0.4, 0.5) is 0 Å². The molecular weight excluding hydrogens is 262 g/mol. The Morgan fingerprint density at radius 3 is 2.47 bits per heavy atom. The van der Waals surface area contributed by atoms with Crippen molar-refractivity contribution < 1.29 is 13.7 Å². The summed E-state index contributed by atoms with van der Waals surface area (Å²) in [6.07, 6.45) is 3.84. The molecule has 0 saturated heterocycles. The maximum Gasteiger partial charge on any atom is 0.162 e. The van der Waals surface area contributed by atoms with E-state index in [9.17, 15) is 4.21 Å². The highest BCUT2D eigenvalue weighted by Crippen LogP contribution is 2.34. The zero-order chi connectivity index (χ0) is 13.2. The Morgan fingerprint density at radius 2 is 1.74 bits per heavy atom. The molecule has 1 fully saturated rings. The molecule has 0 radical (unpaired) electrons. The van der Waals surface area contributed by atoms with Gasteiger partial charge in [-0.1, -0.05) is 0 Å². The van der Waals surface area contributed by atoms with Crippen LogP contribution in [0.2, 0.25) is 0 Å². The molecule has 19 heavy (non-hydrogen) atoms. The van der Waals surface area contributed by atoms with E-state index >= 15 is 0 Å². The van der Waals surface area contributed by atoms with Crippen molar-refractivity contribution in [3.63, 3.8) is 0 Å². The van der Waals surface area contributed by atoms with E-state index in [1.807, 2.05) is 18.2 Å². The predicted molar refractivity (Wildman–Crippen MR) is 74.1 cm³/mol. The number of hydrogen-bond acceptors (Lipinski definition) is 4. The number of benzene rings is 1. The molecule has 2 N–H and O–H groups in total. The molecule has 1 unspecified atom stereocenters. The van der Waals surface area contributed by atoms with E-state index in [4.69, 9.17) is 15.2 Å². The minimum absolute atomic E-state index is 0.224. The lowest BCUT2D eigenvalue weighted by molar-refractivity contribution is 0.171. The first kappa shape index (κ1) is 12.9. The van der Waals surface area contributed by atoms with Crippen LogP contribution in [0.5, 0.6) is 11.5 Å². The van der Waals surface area contributed by atoms with Crippen molar-refractivity contribution in [2.45, 2.75) is 41.9 Å². The highest BCUT2D eigenvalue weighted by molar-refractivity contribution is 7.85. The average molecular weight is 281 g/mol. The second-order valence-corrected chi connectivity index (χ2v) is 6.87. The minimum atomic E-state index is -0.974. The van der Waals surface area contributed by atoms with Crippen LogP contribution in [-0.2, 0) is 10.8 Å². The van der Waals surface area contributed by atoms with Crippen molar-refractivity contribution in [2.75, 3.05) is 13.2 Å². The molecule has 1 aliphatic heterocycles. The lowest BCUT2D eigenvalue weighted by atomic mass is 9.96. The van der Waals surface area contributed by atoms with Gasteiger partial charge in [-0.25, -0.2) is 0 Å². The topological polar surface area (TPSA) is 61.6 Å². The molecule has 0 aromatic heterocycles. The summed E-state index contributed by atoms with van der Waals surface area (Å²) in [4.78, 5) is 0.838. The Bertz CT molecular complexity index is 484. The molecule has 5 heteroatoms. The van der Waals surface area contributed by atoms with Crippen LogP contribution < -0.4 is 15.2 Å². The van der Waals surface area contributed by atoms with Crippen molar-refractivity contribution in [3.05, 3.63) is 18.2 Å². The fraction of sp³-hybridized carbons (Fsp3) is 0.571. The maximum absolute atomic E-state index is 12.6. The van der Waals surface area contributed by atoms with Crippen LogP contribution in [0.15, 0.2) is 23.1 Å². The van der Waals surface area contributed by atoms with Gasteiger partial charge in [0, 0.05) is 22.3 Å². The van der Waals surface area contributed by atoms with Gasteiger partial charge in [-0.2, -0.15) is 0 Å². The van der Waals surface area contributed by atoms with Crippen LogP contribution in [0.3, 0.4) is 0 Å². The highest BCUT2D eigenvalue weighted by Gasteiger charge is 2.25. The van der Waals surface area contributed by atoms with E-state index in [1.54, 1.807) is 0 Å². The van der Waals surface area contributed by atoms with Crippen molar-refractivity contribution in [2.24, 2.45) is 5.73 Å². The normalized spacial score (nSPS) is 27.8. The SMILES string of the molecule is NC1CCC(S(=O)c2ccc3c(c2)OCCO3)CC1. The van der Waals surface area contributed by atoms with Crippen LogP contribution >= 0.6 is 0 Å². The van der Waals surface area contributed by atoms with Crippen LogP contribution in [0, 0.1) is 0 Å². The van der Waals surface area contributed by atoms with E-state index in [-0.39, 0.29) is 11.3 Å². The summed E-state index contributed by atoms with van der Waals surface area (Å²) >= 11 is 0. The molecule has 4 nitrogen and oxygen atoms in total. The Kier molecular flexibility index (Phi) is 3.75. The molecular formula is C14H19NO3S. The molecule has 1 saturated carbocycles. The van der Waals surface area contributed by atoms with Crippen molar-refractivity contribution in [3.8, 4) is 11.5 Å². The third-order valence-corrected chi connectivity index (χ3v) is 5.56. The summed E-state index contributed by atoms with van der Waals surface area (Å²) in [6.45, 7) is 1.14. The third-order valence-electron chi connectivity index (χ3n) is 3.77. The molecule has 1 atom stereocenters. The monoisotopic (exact) mass is 281 g/mol. The molecule has 1 aromatic carbocycles. The Morgan fingerprint density at radius 1 is 1.05 bits per heavy atom. The summed E-state index contributed by atoms with van der Waals surface area (Å²) < 4.78 is 23.6. The van der Waals surface area contributed by atoms with Gasteiger partial charge < -0.3 is 15.2 Å². The van der Waals surface area contributed by atoms with Gasteiger partial charge in [0.2, 0.25) is 0 Å². The zero-order valence-electron chi connectivity index (χ0n) is 10.8. The van der Waals surface area contributed by atoms with Gasteiger partial charge in [0.05, 0.1) is 10.8 Å². The first-order valence-electron chi connectivity index (χ1n) is 6.80. The minimum Gasteiger partial charge on any atom is -0.486 e. The second kappa shape index (κ2) is 5.51. The van der Waals surface area contributed by atoms with Crippen molar-refractivity contribution >= 4 is 10.8 Å². The van der Waals surface area contributed by atoms with Gasteiger partial charge in [0.15, 0.2) is 11.5 Å². The van der Waals surface area contributed by atoms with E-state index in [1.165, 1.54) is 0 Å². The van der Waals surface area contributed by atoms with Gasteiger partial charge in [0.1, 0.15) is 13.2 Å². The Hall–Kier alpha value is -1.07. The number of ether oxygens (including phenoxy) is 2. The van der Waals surface area contributed by atoms with Crippen molar-refractivity contribution in [1.29, 1.82) is 0 Å². The molecule has 1 aromatic rings. The fourth-order valence-corrected chi connectivity index (χ4v) is 4.15. The second-order valence-electron chi connectivity index (χ2n) is 5.14. The van der Waals surface area contributed by atoms with E-state index in [0.29, 0.717) is 19.0 Å². The Balaban J connectivity index is 1.76. The number of nitrogens with two attached hydrogens (primary N) is 1. The predicted octanol–water partition coefficient (Wildman–Crippen LogP) is 1.84. The first-order chi connectivity index (χ1) is 9.24. The zero-order valence-corrected chi connectivity index (χ0v) is 11.7.